The number of nitrogens with zero attached hydrogens (tertiary/aromatic N) is 1. The van der Waals surface area contributed by atoms with Crippen LogP contribution in [-0.2, 0) is 13.1 Å². The molecule has 0 unspecified atom stereocenters. The van der Waals surface area contributed by atoms with Crippen molar-refractivity contribution in [3.05, 3.63) is 23.2 Å². The summed E-state index contributed by atoms with van der Waals surface area (Å²) in [6, 6.07) is 2.99. The highest BCUT2D eigenvalue weighted by atomic mass is 16.3. The summed E-state index contributed by atoms with van der Waals surface area (Å²) in [5.74, 6) is 2.24. The fourth-order valence-electron chi connectivity index (χ4n) is 3.19. The van der Waals surface area contributed by atoms with Gasteiger partial charge in [0.1, 0.15) is 11.5 Å². The van der Waals surface area contributed by atoms with E-state index in [1.807, 2.05) is 0 Å². The van der Waals surface area contributed by atoms with Crippen molar-refractivity contribution in [2.75, 3.05) is 13.1 Å². The smallest absolute Gasteiger partial charge is 0.120 e. The highest BCUT2D eigenvalue weighted by Crippen LogP contribution is 2.25. The molecule has 0 aliphatic heterocycles. The zero-order chi connectivity index (χ0) is 14.4. The van der Waals surface area contributed by atoms with E-state index in [1.165, 1.54) is 31.2 Å². The maximum Gasteiger partial charge on any atom is 0.120 e. The largest absolute Gasteiger partial charge is 0.463 e. The lowest BCUT2D eigenvalue weighted by atomic mass is 10.2. The molecule has 0 bridgehead atoms. The average molecular weight is 278 g/mol. The average Bonchev–Trinajstić information content (AvgIpc) is 3.07. The van der Waals surface area contributed by atoms with Crippen molar-refractivity contribution < 1.29 is 4.42 Å². The molecule has 20 heavy (non-hydrogen) atoms. The van der Waals surface area contributed by atoms with E-state index >= 15 is 0 Å². The van der Waals surface area contributed by atoms with Gasteiger partial charge in [-0.1, -0.05) is 26.7 Å². The zero-order valence-electron chi connectivity index (χ0n) is 13.4. The Bertz CT molecular complexity index is 394. The third-order valence-electron chi connectivity index (χ3n) is 4.39. The van der Waals surface area contributed by atoms with Crippen LogP contribution in [0.3, 0.4) is 0 Å². The lowest BCUT2D eigenvalue weighted by molar-refractivity contribution is 0.184. The summed E-state index contributed by atoms with van der Waals surface area (Å²) < 4.78 is 6.05. The third kappa shape index (κ3) is 4.10. The summed E-state index contributed by atoms with van der Waals surface area (Å²) in [6.45, 7) is 10.6. The first-order valence-electron chi connectivity index (χ1n) is 8.27. The van der Waals surface area contributed by atoms with Crippen LogP contribution in [0.5, 0.6) is 0 Å². The second kappa shape index (κ2) is 7.84. The van der Waals surface area contributed by atoms with E-state index in [4.69, 9.17) is 4.42 Å². The van der Waals surface area contributed by atoms with E-state index in [1.54, 1.807) is 0 Å². The Kier molecular flexibility index (Phi) is 6.11. The maximum atomic E-state index is 6.05. The molecule has 1 aliphatic carbocycles. The molecular formula is C17H30N2O. The topological polar surface area (TPSA) is 28.4 Å². The molecule has 0 saturated heterocycles. The molecule has 1 aromatic rings. The van der Waals surface area contributed by atoms with E-state index in [2.05, 4.69) is 37.1 Å². The molecule has 0 amide bonds. The number of furan rings is 1. The van der Waals surface area contributed by atoms with E-state index in [0.717, 1.165) is 50.2 Å². The maximum absolute atomic E-state index is 6.05. The van der Waals surface area contributed by atoms with Crippen molar-refractivity contribution in [3.8, 4) is 0 Å². The molecule has 3 nitrogen and oxygen atoms in total. The van der Waals surface area contributed by atoms with E-state index in [9.17, 15) is 0 Å². The van der Waals surface area contributed by atoms with E-state index < -0.39 is 0 Å². The van der Waals surface area contributed by atoms with Gasteiger partial charge in [0.15, 0.2) is 0 Å². The number of hydrogen-bond acceptors (Lipinski definition) is 3. The van der Waals surface area contributed by atoms with Crippen molar-refractivity contribution in [1.29, 1.82) is 0 Å². The highest BCUT2D eigenvalue weighted by Gasteiger charge is 2.22. The fourth-order valence-corrected chi connectivity index (χ4v) is 3.19. The molecule has 1 aliphatic rings. The van der Waals surface area contributed by atoms with Crippen molar-refractivity contribution in [3.63, 3.8) is 0 Å². The second-order valence-electron chi connectivity index (χ2n) is 6.00. The highest BCUT2D eigenvalue weighted by molar-refractivity contribution is 5.20. The Hall–Kier alpha value is -0.800. The van der Waals surface area contributed by atoms with Gasteiger partial charge < -0.3 is 9.73 Å². The monoisotopic (exact) mass is 278 g/mol. The summed E-state index contributed by atoms with van der Waals surface area (Å²) in [5, 5.41) is 3.42. The number of rotatable bonds is 8. The summed E-state index contributed by atoms with van der Waals surface area (Å²) in [6.07, 6.45) is 6.67. The summed E-state index contributed by atoms with van der Waals surface area (Å²) in [7, 11) is 0. The molecule has 1 N–H and O–H groups in total. The minimum absolute atomic E-state index is 0.770. The van der Waals surface area contributed by atoms with Crippen LogP contribution in [0.25, 0.3) is 0 Å². The van der Waals surface area contributed by atoms with Crippen molar-refractivity contribution in [2.24, 2.45) is 0 Å². The van der Waals surface area contributed by atoms with Crippen LogP contribution in [0.15, 0.2) is 10.5 Å². The normalized spacial score (nSPS) is 16.4. The van der Waals surface area contributed by atoms with Crippen LogP contribution in [0, 0.1) is 6.92 Å². The van der Waals surface area contributed by atoms with E-state index in [-0.39, 0.29) is 0 Å². The van der Waals surface area contributed by atoms with Gasteiger partial charge in [0.05, 0.1) is 13.1 Å². The van der Waals surface area contributed by atoms with Gasteiger partial charge in [-0.25, -0.2) is 0 Å². The molecule has 114 valence electrons. The van der Waals surface area contributed by atoms with Crippen molar-refractivity contribution in [2.45, 2.75) is 72.0 Å². The Morgan fingerprint density at radius 2 is 2.05 bits per heavy atom. The summed E-state index contributed by atoms with van der Waals surface area (Å²) >= 11 is 0. The molecule has 0 aromatic carbocycles. The van der Waals surface area contributed by atoms with Crippen LogP contribution < -0.4 is 5.32 Å². The van der Waals surface area contributed by atoms with Gasteiger partial charge in [-0.05, 0) is 50.9 Å². The number of nitrogens with one attached hydrogen (secondary N) is 1. The molecule has 0 spiro atoms. The molecule has 1 fully saturated rings. The molecular weight excluding hydrogens is 248 g/mol. The van der Waals surface area contributed by atoms with Gasteiger partial charge in [-0.2, -0.15) is 0 Å². The predicted octanol–water partition coefficient (Wildman–Crippen LogP) is 3.85. The zero-order valence-corrected chi connectivity index (χ0v) is 13.4. The first kappa shape index (κ1) is 15.6. The molecule has 0 atom stereocenters. The molecule has 3 heteroatoms. The molecule has 1 heterocycles. The van der Waals surface area contributed by atoms with Gasteiger partial charge in [-0.15, -0.1) is 0 Å². The Balaban J connectivity index is 1.92. The summed E-state index contributed by atoms with van der Waals surface area (Å²) in [4.78, 5) is 2.58. The van der Waals surface area contributed by atoms with Crippen molar-refractivity contribution in [1.82, 2.24) is 10.2 Å². The third-order valence-corrected chi connectivity index (χ3v) is 4.39. The molecule has 1 saturated carbocycles. The van der Waals surface area contributed by atoms with Gasteiger partial charge in [0, 0.05) is 6.04 Å². The van der Waals surface area contributed by atoms with Gasteiger partial charge in [-0.3, -0.25) is 4.90 Å². The van der Waals surface area contributed by atoms with Crippen LogP contribution in [0.1, 0.15) is 63.0 Å². The SMILES string of the molecule is CCCNCc1oc(CN(CC)C2CCCC2)cc1C. The van der Waals surface area contributed by atoms with Crippen molar-refractivity contribution >= 4 is 0 Å². The number of aryl methyl sites for hydroxylation is 1. The fraction of sp³-hybridized carbons (Fsp3) is 0.765. The van der Waals surface area contributed by atoms with Crippen LogP contribution in [0.2, 0.25) is 0 Å². The van der Waals surface area contributed by atoms with Crippen LogP contribution in [0.4, 0.5) is 0 Å². The first-order valence-corrected chi connectivity index (χ1v) is 8.27. The Morgan fingerprint density at radius 3 is 2.70 bits per heavy atom. The van der Waals surface area contributed by atoms with Gasteiger partial charge >= 0.3 is 0 Å². The lowest BCUT2D eigenvalue weighted by Crippen LogP contribution is -2.32. The number of hydrogen-bond donors (Lipinski definition) is 1. The van der Waals surface area contributed by atoms with E-state index in [0.29, 0.717) is 0 Å². The second-order valence-corrected chi connectivity index (χ2v) is 6.00. The quantitative estimate of drug-likeness (QED) is 0.732. The standard InChI is InChI=1S/C17H30N2O/c1-4-10-18-12-17-14(3)11-16(20-17)13-19(5-2)15-8-6-7-9-15/h11,15,18H,4-10,12-13H2,1-3H3. The first-order chi connectivity index (χ1) is 9.74. The van der Waals surface area contributed by atoms with Crippen LogP contribution >= 0.6 is 0 Å². The minimum Gasteiger partial charge on any atom is -0.463 e. The van der Waals surface area contributed by atoms with Gasteiger partial charge in [0.2, 0.25) is 0 Å². The molecule has 2 rings (SSSR count). The molecule has 0 radical (unpaired) electrons. The van der Waals surface area contributed by atoms with Crippen LogP contribution in [-0.4, -0.2) is 24.0 Å². The minimum atomic E-state index is 0.770. The summed E-state index contributed by atoms with van der Waals surface area (Å²) in [5.41, 5.74) is 1.28. The Labute approximate surface area is 123 Å². The van der Waals surface area contributed by atoms with Gasteiger partial charge in [0.25, 0.3) is 0 Å². The predicted molar refractivity (Wildman–Crippen MR) is 83.8 cm³/mol. The lowest BCUT2D eigenvalue weighted by Gasteiger charge is -2.26. The molecule has 1 aromatic heterocycles. The Morgan fingerprint density at radius 1 is 1.30 bits per heavy atom.